The van der Waals surface area contributed by atoms with Gasteiger partial charge in [0, 0.05) is 0 Å². The Hall–Kier alpha value is -2.12. The lowest BCUT2D eigenvalue weighted by Gasteiger charge is -1.99. The van der Waals surface area contributed by atoms with E-state index in [1.165, 1.54) is 12.1 Å². The minimum atomic E-state index is -4.55. The molecule has 0 radical (unpaired) electrons. The summed E-state index contributed by atoms with van der Waals surface area (Å²) < 4.78 is 50.0. The highest BCUT2D eigenvalue weighted by molar-refractivity contribution is 6.00. The number of H-pyrrole nitrogens is 2. The Morgan fingerprint density at radius 1 is 1.00 bits per heavy atom. The predicted molar refractivity (Wildman–Crippen MR) is 55.6 cm³/mol. The molecule has 0 amide bonds. The molecule has 0 fully saturated rings. The smallest absolute Gasteiger partial charge is 0.338 e. The number of benzene rings is 1. The number of imidazole rings is 2. The Labute approximate surface area is 97.0 Å². The van der Waals surface area contributed by atoms with Crippen LogP contribution in [0.25, 0.3) is 22.1 Å². The zero-order valence-electron chi connectivity index (χ0n) is 8.77. The first kappa shape index (κ1) is 11.0. The van der Waals surface area contributed by atoms with Crippen molar-refractivity contribution >= 4 is 22.1 Å². The Kier molecular flexibility index (Phi) is 2.10. The van der Waals surface area contributed by atoms with E-state index in [1.807, 2.05) is 0 Å². The number of nitrogens with one attached hydrogen (secondary N) is 2. The maximum Gasteiger partial charge on any atom is 0.449 e. The second-order valence-corrected chi connectivity index (χ2v) is 3.75. The zero-order valence-corrected chi connectivity index (χ0v) is 8.77. The molecule has 0 bridgehead atoms. The van der Waals surface area contributed by atoms with Gasteiger partial charge in [0.1, 0.15) is 12.5 Å². The van der Waals surface area contributed by atoms with Crippen LogP contribution in [0.3, 0.4) is 0 Å². The van der Waals surface area contributed by atoms with Gasteiger partial charge in [0.05, 0.1) is 22.1 Å². The van der Waals surface area contributed by atoms with Gasteiger partial charge in [-0.25, -0.2) is 14.4 Å². The van der Waals surface area contributed by atoms with Crippen LogP contribution in [0, 0.1) is 0 Å². The summed E-state index contributed by atoms with van der Waals surface area (Å²) in [4.78, 5) is 12.2. The Bertz CT molecular complexity index is 724. The lowest BCUT2D eigenvalue weighted by atomic mass is 10.3. The second-order valence-electron chi connectivity index (χ2n) is 3.75. The van der Waals surface area contributed by atoms with Gasteiger partial charge in [0.15, 0.2) is 0 Å². The number of hydrogen-bond acceptors (Lipinski definition) is 2. The molecular weight excluding hydrogens is 252 g/mol. The minimum Gasteiger partial charge on any atom is -0.338 e. The monoisotopic (exact) mass is 258 g/mol. The first-order valence-electron chi connectivity index (χ1n) is 4.99. The van der Waals surface area contributed by atoms with Crippen LogP contribution >= 0.6 is 0 Å². The van der Waals surface area contributed by atoms with Gasteiger partial charge in [-0.3, -0.25) is 0 Å². The van der Waals surface area contributed by atoms with Crippen LogP contribution in [0.15, 0.2) is 12.1 Å². The van der Waals surface area contributed by atoms with Gasteiger partial charge < -0.3 is 9.97 Å². The third kappa shape index (κ3) is 1.52. The van der Waals surface area contributed by atoms with Crippen LogP contribution in [-0.4, -0.2) is 19.9 Å². The fourth-order valence-corrected chi connectivity index (χ4v) is 1.80. The zero-order chi connectivity index (χ0) is 12.9. The van der Waals surface area contributed by atoms with Crippen LogP contribution < -0.4 is 0 Å². The average Bonchev–Trinajstić information content (AvgIpc) is 2.90. The molecule has 2 N–H and O–H groups in total. The van der Waals surface area contributed by atoms with Gasteiger partial charge in [-0.05, 0) is 12.1 Å². The number of fused-ring (bicyclic) bond motifs is 3. The normalized spacial score (nSPS) is 12.7. The molecule has 2 aromatic heterocycles. The molecule has 0 spiro atoms. The fraction of sp³-hybridized carbons (Fsp3) is 0.200. The van der Waals surface area contributed by atoms with E-state index < -0.39 is 18.7 Å². The number of nitrogens with zero attached hydrogens (tertiary/aromatic N) is 2. The summed E-state index contributed by atoms with van der Waals surface area (Å²) >= 11 is 0. The molecular formula is C10H6F4N4. The summed E-state index contributed by atoms with van der Waals surface area (Å²) in [6.45, 7) is -0.809. The molecule has 0 saturated carbocycles. The quantitative estimate of drug-likeness (QED) is 0.659. The number of hydrogen-bond donors (Lipinski definition) is 2. The molecule has 1 aromatic carbocycles. The standard InChI is InChI=1S/C10H6F4N4/c11-3-6-15-4-1-2-5-8(7(4)17-6)18-9(16-5)10(12,13)14/h1-2H,3H2,(H,15,17)(H,16,18). The highest BCUT2D eigenvalue weighted by Gasteiger charge is 2.35. The molecule has 94 valence electrons. The second kappa shape index (κ2) is 3.44. The topological polar surface area (TPSA) is 57.4 Å². The highest BCUT2D eigenvalue weighted by atomic mass is 19.4. The fourth-order valence-electron chi connectivity index (χ4n) is 1.80. The van der Waals surface area contributed by atoms with Crippen molar-refractivity contribution in [1.82, 2.24) is 19.9 Å². The Morgan fingerprint density at radius 2 is 1.61 bits per heavy atom. The van der Waals surface area contributed by atoms with Crippen molar-refractivity contribution in [1.29, 1.82) is 0 Å². The lowest BCUT2D eigenvalue weighted by molar-refractivity contribution is -0.144. The van der Waals surface area contributed by atoms with Gasteiger partial charge in [-0.1, -0.05) is 0 Å². The van der Waals surface area contributed by atoms with E-state index in [0.717, 1.165) is 0 Å². The van der Waals surface area contributed by atoms with E-state index in [-0.39, 0.29) is 16.9 Å². The minimum absolute atomic E-state index is 0.0701. The van der Waals surface area contributed by atoms with Crippen LogP contribution in [0.2, 0.25) is 0 Å². The van der Waals surface area contributed by atoms with Crippen LogP contribution in [-0.2, 0) is 12.9 Å². The molecule has 2 heterocycles. The predicted octanol–water partition coefficient (Wildman–Crippen LogP) is 2.93. The van der Waals surface area contributed by atoms with Gasteiger partial charge in [-0.15, -0.1) is 0 Å². The molecule has 3 aromatic rings. The maximum atomic E-state index is 12.5. The van der Waals surface area contributed by atoms with Crippen LogP contribution in [0.4, 0.5) is 17.6 Å². The Morgan fingerprint density at radius 3 is 2.22 bits per heavy atom. The van der Waals surface area contributed by atoms with Crippen molar-refractivity contribution in [2.75, 3.05) is 0 Å². The van der Waals surface area contributed by atoms with Gasteiger partial charge in [0.2, 0.25) is 5.82 Å². The van der Waals surface area contributed by atoms with E-state index in [1.54, 1.807) is 0 Å². The van der Waals surface area contributed by atoms with Crippen molar-refractivity contribution in [3.8, 4) is 0 Å². The first-order valence-corrected chi connectivity index (χ1v) is 4.99. The van der Waals surface area contributed by atoms with Crippen molar-refractivity contribution in [2.24, 2.45) is 0 Å². The molecule has 0 aliphatic heterocycles. The largest absolute Gasteiger partial charge is 0.449 e. The molecule has 0 atom stereocenters. The molecule has 4 nitrogen and oxygen atoms in total. The highest BCUT2D eigenvalue weighted by Crippen LogP contribution is 2.30. The molecule has 0 aliphatic rings. The summed E-state index contributed by atoms with van der Waals surface area (Å²) in [5, 5.41) is 0. The number of rotatable bonds is 1. The Balaban J connectivity index is 2.32. The molecule has 0 saturated heterocycles. The number of aromatic amines is 2. The molecule has 18 heavy (non-hydrogen) atoms. The summed E-state index contributed by atoms with van der Waals surface area (Å²) in [5.74, 6) is -1.01. The van der Waals surface area contributed by atoms with E-state index in [4.69, 9.17) is 0 Å². The molecule has 0 unspecified atom stereocenters. The van der Waals surface area contributed by atoms with Crippen LogP contribution in [0.1, 0.15) is 11.6 Å². The van der Waals surface area contributed by atoms with Crippen LogP contribution in [0.5, 0.6) is 0 Å². The summed E-state index contributed by atoms with van der Waals surface area (Å²) in [6.07, 6.45) is -4.55. The first-order chi connectivity index (χ1) is 8.49. The van der Waals surface area contributed by atoms with Crippen molar-refractivity contribution in [3.05, 3.63) is 23.8 Å². The van der Waals surface area contributed by atoms with E-state index in [2.05, 4.69) is 19.9 Å². The van der Waals surface area contributed by atoms with Gasteiger partial charge >= 0.3 is 6.18 Å². The molecule has 3 rings (SSSR count). The summed E-state index contributed by atoms with van der Waals surface area (Å²) in [7, 11) is 0. The number of alkyl halides is 4. The molecule has 8 heteroatoms. The number of aromatic nitrogens is 4. The van der Waals surface area contributed by atoms with Crippen molar-refractivity contribution in [2.45, 2.75) is 12.9 Å². The van der Waals surface area contributed by atoms with E-state index in [9.17, 15) is 17.6 Å². The SMILES string of the molecule is FCc1nc2ccc3nc(C(F)(F)F)[nH]c3c2[nH]1. The van der Waals surface area contributed by atoms with Crippen molar-refractivity contribution < 1.29 is 17.6 Å². The van der Waals surface area contributed by atoms with Gasteiger partial charge in [0.25, 0.3) is 0 Å². The summed E-state index contributed by atoms with van der Waals surface area (Å²) in [5.41, 5.74) is 1.05. The van der Waals surface area contributed by atoms with E-state index in [0.29, 0.717) is 11.0 Å². The van der Waals surface area contributed by atoms with Crippen molar-refractivity contribution in [3.63, 3.8) is 0 Å². The lowest BCUT2D eigenvalue weighted by Crippen LogP contribution is -2.06. The number of halogens is 4. The third-order valence-corrected chi connectivity index (χ3v) is 2.56. The third-order valence-electron chi connectivity index (χ3n) is 2.56. The average molecular weight is 258 g/mol. The maximum absolute atomic E-state index is 12.5. The summed E-state index contributed by atoms with van der Waals surface area (Å²) in [6, 6.07) is 2.90. The van der Waals surface area contributed by atoms with E-state index >= 15 is 0 Å². The molecule has 0 aliphatic carbocycles. The van der Waals surface area contributed by atoms with Gasteiger partial charge in [-0.2, -0.15) is 13.2 Å².